The Morgan fingerprint density at radius 1 is 1.14 bits per heavy atom. The van der Waals surface area contributed by atoms with Gasteiger partial charge in [-0.3, -0.25) is 14.2 Å². The van der Waals surface area contributed by atoms with Gasteiger partial charge in [0.1, 0.15) is 5.65 Å². The monoisotopic (exact) mass is 504 g/mol. The Hall–Kier alpha value is -3.56. The molecule has 2 aromatic heterocycles. The topological polar surface area (TPSA) is 110 Å². The van der Waals surface area contributed by atoms with Crippen molar-refractivity contribution in [1.82, 2.24) is 25.2 Å². The van der Waals surface area contributed by atoms with Crippen LogP contribution >= 0.6 is 0 Å². The van der Waals surface area contributed by atoms with Gasteiger partial charge in [0.15, 0.2) is 0 Å². The van der Waals surface area contributed by atoms with Crippen molar-refractivity contribution in [2.24, 2.45) is 0 Å². The number of carbonyl (C=O) groups is 1. The van der Waals surface area contributed by atoms with Crippen LogP contribution in [0.3, 0.4) is 0 Å². The highest BCUT2D eigenvalue weighted by Gasteiger charge is 2.33. The molecule has 1 fully saturated rings. The molecule has 1 aliphatic rings. The number of pyridine rings is 1. The number of benzene rings is 1. The van der Waals surface area contributed by atoms with Crippen molar-refractivity contribution in [2.75, 3.05) is 31.6 Å². The Labute approximate surface area is 217 Å². The Morgan fingerprint density at radius 2 is 1.86 bits per heavy atom. The lowest BCUT2D eigenvalue weighted by molar-refractivity contribution is -0.116. The first-order chi connectivity index (χ1) is 17.8. The van der Waals surface area contributed by atoms with E-state index in [0.717, 1.165) is 23.8 Å². The maximum Gasteiger partial charge on any atom is 0.252 e. The lowest BCUT2D eigenvalue weighted by Gasteiger charge is -2.39. The lowest BCUT2D eigenvalue weighted by atomic mass is 9.82. The van der Waals surface area contributed by atoms with Crippen LogP contribution in [-0.2, 0) is 15.1 Å². The van der Waals surface area contributed by atoms with Crippen LogP contribution < -0.4 is 21.5 Å². The minimum Gasteiger partial charge on any atom is -0.381 e. The van der Waals surface area contributed by atoms with Gasteiger partial charge in [0.2, 0.25) is 11.9 Å². The SMILES string of the molecule is C=CC(=O)NCCNC1(c2ccc([C@H](C)Nc3ncc4ccc(=O)n(C(C)C)c4n3)cc2)CCOCC1. The predicted octanol–water partition coefficient (Wildman–Crippen LogP) is 3.44. The Morgan fingerprint density at radius 3 is 2.54 bits per heavy atom. The Bertz CT molecular complexity index is 1300. The zero-order valence-electron chi connectivity index (χ0n) is 21.8. The van der Waals surface area contributed by atoms with E-state index in [2.05, 4.69) is 63.7 Å². The molecule has 3 N–H and O–H groups in total. The third kappa shape index (κ3) is 6.06. The molecule has 1 saturated heterocycles. The number of nitrogens with one attached hydrogen (secondary N) is 3. The van der Waals surface area contributed by atoms with Crippen LogP contribution in [0.4, 0.5) is 5.95 Å². The van der Waals surface area contributed by atoms with Gasteiger partial charge in [-0.15, -0.1) is 0 Å². The average molecular weight is 505 g/mol. The maximum absolute atomic E-state index is 12.4. The number of anilines is 1. The van der Waals surface area contributed by atoms with Gasteiger partial charge in [-0.2, -0.15) is 4.98 Å². The van der Waals surface area contributed by atoms with Crippen molar-refractivity contribution < 1.29 is 9.53 Å². The number of ether oxygens (including phenoxy) is 1. The standard InChI is InChI=1S/C28H36N6O3/c1-5-24(35)29-14-15-31-28(12-16-37-17-13-28)23-9-6-21(7-10-23)20(4)32-27-30-18-22-8-11-25(36)34(19(2)3)26(22)33-27/h5-11,18-20,31H,1,12-17H2,2-4H3,(H,29,35)(H,30,32,33)/t20-/m0/s1. The summed E-state index contributed by atoms with van der Waals surface area (Å²) in [6.45, 7) is 12.1. The molecule has 0 aliphatic carbocycles. The number of rotatable bonds is 10. The van der Waals surface area contributed by atoms with E-state index in [9.17, 15) is 9.59 Å². The molecule has 3 aromatic rings. The summed E-state index contributed by atoms with van der Waals surface area (Å²) in [5.74, 6) is 0.310. The van der Waals surface area contributed by atoms with E-state index >= 15 is 0 Å². The fraction of sp³-hybridized carbons (Fsp3) is 0.429. The van der Waals surface area contributed by atoms with Crippen LogP contribution in [0.25, 0.3) is 11.0 Å². The number of nitrogens with zero attached hydrogens (tertiary/aromatic N) is 3. The van der Waals surface area contributed by atoms with Crippen molar-refractivity contribution >= 4 is 22.9 Å². The molecule has 1 amide bonds. The van der Waals surface area contributed by atoms with Gasteiger partial charge in [-0.05, 0) is 56.9 Å². The molecule has 37 heavy (non-hydrogen) atoms. The van der Waals surface area contributed by atoms with Crippen molar-refractivity contribution in [2.45, 2.75) is 51.2 Å². The highest BCUT2D eigenvalue weighted by Crippen LogP contribution is 2.33. The van der Waals surface area contributed by atoms with E-state index < -0.39 is 0 Å². The van der Waals surface area contributed by atoms with E-state index in [4.69, 9.17) is 4.74 Å². The van der Waals surface area contributed by atoms with E-state index in [0.29, 0.717) is 37.9 Å². The van der Waals surface area contributed by atoms with Gasteiger partial charge < -0.3 is 20.7 Å². The second kappa shape index (κ2) is 11.7. The number of aromatic nitrogens is 3. The zero-order valence-corrected chi connectivity index (χ0v) is 21.8. The highest BCUT2D eigenvalue weighted by atomic mass is 16.5. The van der Waals surface area contributed by atoms with Gasteiger partial charge in [0.05, 0.1) is 6.04 Å². The molecule has 9 nitrogen and oxygen atoms in total. The molecule has 0 spiro atoms. The van der Waals surface area contributed by atoms with Crippen molar-refractivity contribution in [3.8, 4) is 0 Å². The molecule has 9 heteroatoms. The lowest BCUT2D eigenvalue weighted by Crippen LogP contribution is -2.49. The van der Waals surface area contributed by atoms with E-state index in [1.54, 1.807) is 22.9 Å². The van der Waals surface area contributed by atoms with Gasteiger partial charge in [-0.1, -0.05) is 30.8 Å². The van der Waals surface area contributed by atoms with E-state index in [1.165, 1.54) is 11.6 Å². The Balaban J connectivity index is 1.49. The van der Waals surface area contributed by atoms with Crippen molar-refractivity contribution in [3.63, 3.8) is 0 Å². The molecular weight excluding hydrogens is 468 g/mol. The first kappa shape index (κ1) is 26.5. The molecule has 3 heterocycles. The normalized spacial score (nSPS) is 15.9. The number of carbonyl (C=O) groups excluding carboxylic acids is 1. The second-order valence-corrected chi connectivity index (χ2v) is 9.71. The summed E-state index contributed by atoms with van der Waals surface area (Å²) in [4.78, 5) is 33.0. The number of hydrogen-bond acceptors (Lipinski definition) is 7. The van der Waals surface area contributed by atoms with Gasteiger partial charge in [0.25, 0.3) is 5.56 Å². The molecule has 1 atom stereocenters. The third-order valence-corrected chi connectivity index (χ3v) is 6.91. The third-order valence-electron chi connectivity index (χ3n) is 6.91. The smallest absolute Gasteiger partial charge is 0.252 e. The maximum atomic E-state index is 12.4. The molecule has 196 valence electrons. The van der Waals surface area contributed by atoms with Crippen LogP contribution in [0.5, 0.6) is 0 Å². The Kier molecular flexibility index (Phi) is 8.35. The summed E-state index contributed by atoms with van der Waals surface area (Å²) in [6.07, 6.45) is 4.75. The fourth-order valence-electron chi connectivity index (χ4n) is 4.82. The highest BCUT2D eigenvalue weighted by molar-refractivity contribution is 5.86. The van der Waals surface area contributed by atoms with Gasteiger partial charge in [-0.25, -0.2) is 4.98 Å². The number of amides is 1. The summed E-state index contributed by atoms with van der Waals surface area (Å²) in [5, 5.41) is 10.7. The molecule has 0 unspecified atom stereocenters. The van der Waals surface area contributed by atoms with Crippen molar-refractivity contribution in [3.05, 3.63) is 76.7 Å². The molecule has 0 saturated carbocycles. The average Bonchev–Trinajstić information content (AvgIpc) is 2.91. The fourth-order valence-corrected chi connectivity index (χ4v) is 4.82. The van der Waals surface area contributed by atoms with Crippen LogP contribution in [0.2, 0.25) is 0 Å². The van der Waals surface area contributed by atoms with Gasteiger partial charge in [0, 0.05) is 55.5 Å². The summed E-state index contributed by atoms with van der Waals surface area (Å²) >= 11 is 0. The molecule has 1 aromatic carbocycles. The second-order valence-electron chi connectivity index (χ2n) is 9.71. The van der Waals surface area contributed by atoms with Crippen LogP contribution in [0, 0.1) is 0 Å². The molecular formula is C28H36N6O3. The largest absolute Gasteiger partial charge is 0.381 e. The van der Waals surface area contributed by atoms with Crippen LogP contribution in [-0.4, -0.2) is 46.7 Å². The molecule has 4 rings (SSSR count). The number of hydrogen-bond donors (Lipinski definition) is 3. The van der Waals surface area contributed by atoms with E-state index in [1.807, 2.05) is 13.8 Å². The molecule has 1 aliphatic heterocycles. The quantitative estimate of drug-likeness (QED) is 0.287. The van der Waals surface area contributed by atoms with Crippen LogP contribution in [0.15, 0.2) is 60.0 Å². The first-order valence-corrected chi connectivity index (χ1v) is 12.8. The summed E-state index contributed by atoms with van der Waals surface area (Å²) in [5.41, 5.74) is 2.65. The van der Waals surface area contributed by atoms with Crippen molar-refractivity contribution in [1.29, 1.82) is 0 Å². The summed E-state index contributed by atoms with van der Waals surface area (Å²) in [6, 6.07) is 11.8. The minimum absolute atomic E-state index is 0.00621. The summed E-state index contributed by atoms with van der Waals surface area (Å²) < 4.78 is 7.31. The predicted molar refractivity (Wildman–Crippen MR) is 146 cm³/mol. The van der Waals surface area contributed by atoms with Crippen LogP contribution in [0.1, 0.15) is 56.8 Å². The molecule has 0 radical (unpaired) electrons. The first-order valence-electron chi connectivity index (χ1n) is 12.8. The zero-order chi connectivity index (χ0) is 26.4. The summed E-state index contributed by atoms with van der Waals surface area (Å²) in [7, 11) is 0. The van der Waals surface area contributed by atoms with E-state index in [-0.39, 0.29) is 29.1 Å². The molecule has 0 bridgehead atoms. The number of fused-ring (bicyclic) bond motifs is 1. The van der Waals surface area contributed by atoms with Gasteiger partial charge >= 0.3 is 0 Å². The minimum atomic E-state index is -0.200.